The van der Waals surface area contributed by atoms with E-state index in [2.05, 4.69) is 25.9 Å². The second kappa shape index (κ2) is 5.09. The Morgan fingerprint density at radius 2 is 2.00 bits per heavy atom. The third-order valence-corrected chi connectivity index (χ3v) is 2.58. The fraction of sp³-hybridized carbons (Fsp3) is 0. The number of nitrogens with zero attached hydrogens (tertiary/aromatic N) is 2. The highest BCUT2D eigenvalue weighted by molar-refractivity contribution is 9.10. The second-order valence-electron chi connectivity index (χ2n) is 3.24. The summed E-state index contributed by atoms with van der Waals surface area (Å²) in [5.41, 5.74) is -0.0392. The van der Waals surface area contributed by atoms with Crippen molar-refractivity contribution in [2.75, 3.05) is 0 Å². The Balaban J connectivity index is 2.18. The van der Waals surface area contributed by atoms with E-state index in [1.54, 1.807) is 0 Å². The van der Waals surface area contributed by atoms with Crippen LogP contribution in [0.4, 0.5) is 4.39 Å². The van der Waals surface area contributed by atoms with Gasteiger partial charge < -0.3 is 9.84 Å². The topological polar surface area (TPSA) is 72.3 Å². The van der Waals surface area contributed by atoms with E-state index in [9.17, 15) is 9.18 Å². The minimum absolute atomic E-state index is 0.0153. The van der Waals surface area contributed by atoms with Crippen LogP contribution in [0.5, 0.6) is 11.8 Å². The molecule has 92 valence electrons. The molecule has 2 rings (SSSR count). The monoisotopic (exact) mass is 312 g/mol. The number of benzene rings is 1. The average Bonchev–Trinajstić information content (AvgIpc) is 2.34. The van der Waals surface area contributed by atoms with Crippen LogP contribution in [0.2, 0.25) is 0 Å². The van der Waals surface area contributed by atoms with E-state index in [1.165, 1.54) is 18.2 Å². The first-order chi connectivity index (χ1) is 8.56. The summed E-state index contributed by atoms with van der Waals surface area (Å²) in [6, 6.07) is 4.04. The molecule has 0 spiro atoms. The fourth-order valence-corrected chi connectivity index (χ4v) is 1.48. The van der Waals surface area contributed by atoms with Crippen molar-refractivity contribution in [3.8, 4) is 11.8 Å². The van der Waals surface area contributed by atoms with Crippen molar-refractivity contribution in [1.82, 2.24) is 9.97 Å². The Morgan fingerprint density at radius 1 is 1.33 bits per heavy atom. The Labute approximate surface area is 109 Å². The molecule has 1 aromatic heterocycles. The molecule has 1 heterocycles. The summed E-state index contributed by atoms with van der Waals surface area (Å²) in [6.07, 6.45) is 2.26. The molecule has 7 heteroatoms. The van der Waals surface area contributed by atoms with Crippen LogP contribution >= 0.6 is 15.9 Å². The van der Waals surface area contributed by atoms with Gasteiger partial charge >= 0.3 is 12.0 Å². The van der Waals surface area contributed by atoms with Crippen LogP contribution in [-0.4, -0.2) is 21.0 Å². The smallest absolute Gasteiger partial charge is 0.338 e. The molecule has 0 bridgehead atoms. The minimum atomic E-state index is -1.12. The van der Waals surface area contributed by atoms with Crippen LogP contribution in [0.3, 0.4) is 0 Å². The zero-order valence-corrected chi connectivity index (χ0v) is 10.4. The van der Waals surface area contributed by atoms with Crippen molar-refractivity contribution >= 4 is 21.9 Å². The standard InChI is InChI=1S/C11H6BrFN2O3/c12-8-3-7(1-2-9(8)13)18-11-14-4-6(5-15-11)10(16)17/h1-5H,(H,16,17). The van der Waals surface area contributed by atoms with Gasteiger partial charge in [0.1, 0.15) is 11.6 Å². The van der Waals surface area contributed by atoms with Crippen molar-refractivity contribution in [1.29, 1.82) is 0 Å². The van der Waals surface area contributed by atoms with E-state index < -0.39 is 11.8 Å². The maximum Gasteiger partial charge on any atom is 0.338 e. The van der Waals surface area contributed by atoms with Crippen LogP contribution < -0.4 is 4.74 Å². The van der Waals surface area contributed by atoms with E-state index in [0.717, 1.165) is 12.4 Å². The van der Waals surface area contributed by atoms with E-state index in [0.29, 0.717) is 5.75 Å². The van der Waals surface area contributed by atoms with Crippen LogP contribution in [-0.2, 0) is 0 Å². The summed E-state index contributed by atoms with van der Waals surface area (Å²) >= 11 is 3.02. The number of aromatic carboxylic acids is 1. The summed E-state index contributed by atoms with van der Waals surface area (Å²) in [5, 5.41) is 8.66. The molecule has 0 fully saturated rings. The van der Waals surface area contributed by atoms with Crippen LogP contribution in [0, 0.1) is 5.82 Å². The number of rotatable bonds is 3. The number of hydrogen-bond acceptors (Lipinski definition) is 4. The summed E-state index contributed by atoms with van der Waals surface area (Å²) < 4.78 is 18.5. The molecular formula is C11H6BrFN2O3. The van der Waals surface area contributed by atoms with Gasteiger partial charge in [0, 0.05) is 12.4 Å². The first-order valence-corrected chi connectivity index (χ1v) is 5.54. The molecule has 0 unspecified atom stereocenters. The van der Waals surface area contributed by atoms with Gasteiger partial charge in [0.2, 0.25) is 0 Å². The third-order valence-electron chi connectivity index (χ3n) is 1.98. The zero-order valence-electron chi connectivity index (χ0n) is 8.80. The lowest BCUT2D eigenvalue weighted by Crippen LogP contribution is -1.99. The van der Waals surface area contributed by atoms with E-state index >= 15 is 0 Å². The number of hydrogen-bond donors (Lipinski definition) is 1. The van der Waals surface area contributed by atoms with Gasteiger partial charge in [0.15, 0.2) is 0 Å². The molecule has 2 aromatic rings. The normalized spacial score (nSPS) is 10.1. The van der Waals surface area contributed by atoms with Gasteiger partial charge in [0.05, 0.1) is 10.0 Å². The van der Waals surface area contributed by atoms with E-state index in [4.69, 9.17) is 9.84 Å². The predicted molar refractivity (Wildman–Crippen MR) is 63.2 cm³/mol. The van der Waals surface area contributed by atoms with Crippen molar-refractivity contribution < 1.29 is 19.0 Å². The molecular weight excluding hydrogens is 307 g/mol. The molecule has 18 heavy (non-hydrogen) atoms. The summed E-state index contributed by atoms with van der Waals surface area (Å²) in [7, 11) is 0. The van der Waals surface area contributed by atoms with Crippen LogP contribution in [0.25, 0.3) is 0 Å². The van der Waals surface area contributed by atoms with Crippen molar-refractivity contribution in [2.45, 2.75) is 0 Å². The van der Waals surface area contributed by atoms with Crippen molar-refractivity contribution in [3.63, 3.8) is 0 Å². The third kappa shape index (κ3) is 2.80. The lowest BCUT2D eigenvalue weighted by Gasteiger charge is -2.04. The number of carbonyl (C=O) groups is 1. The Morgan fingerprint density at radius 3 is 2.56 bits per heavy atom. The molecule has 1 aromatic carbocycles. The number of aromatic nitrogens is 2. The highest BCUT2D eigenvalue weighted by atomic mass is 79.9. The lowest BCUT2D eigenvalue weighted by atomic mass is 10.3. The van der Waals surface area contributed by atoms with Gasteiger partial charge in [-0.1, -0.05) is 0 Å². The minimum Gasteiger partial charge on any atom is -0.478 e. The number of ether oxygens (including phenoxy) is 1. The summed E-state index contributed by atoms with van der Waals surface area (Å²) in [6.45, 7) is 0. The quantitative estimate of drug-likeness (QED) is 0.943. The van der Waals surface area contributed by atoms with Gasteiger partial charge in [-0.3, -0.25) is 0 Å². The lowest BCUT2D eigenvalue weighted by molar-refractivity contribution is 0.0696. The molecule has 1 N–H and O–H groups in total. The van der Waals surface area contributed by atoms with Gasteiger partial charge in [-0.25, -0.2) is 19.2 Å². The summed E-state index contributed by atoms with van der Waals surface area (Å²) in [5.74, 6) is -1.19. The molecule has 0 aliphatic rings. The van der Waals surface area contributed by atoms with Crippen LogP contribution in [0.1, 0.15) is 10.4 Å². The van der Waals surface area contributed by atoms with Gasteiger partial charge in [-0.15, -0.1) is 0 Å². The maximum atomic E-state index is 13.0. The van der Waals surface area contributed by atoms with Crippen LogP contribution in [0.15, 0.2) is 35.1 Å². The number of halogens is 2. The van der Waals surface area contributed by atoms with E-state index in [-0.39, 0.29) is 16.0 Å². The first-order valence-electron chi connectivity index (χ1n) is 4.74. The second-order valence-corrected chi connectivity index (χ2v) is 4.09. The highest BCUT2D eigenvalue weighted by Crippen LogP contribution is 2.24. The molecule has 0 amide bonds. The summed E-state index contributed by atoms with van der Waals surface area (Å²) in [4.78, 5) is 18.0. The predicted octanol–water partition coefficient (Wildman–Crippen LogP) is 2.87. The van der Waals surface area contributed by atoms with Crippen molar-refractivity contribution in [2.24, 2.45) is 0 Å². The van der Waals surface area contributed by atoms with E-state index in [1.807, 2.05) is 0 Å². The molecule has 0 aliphatic carbocycles. The molecule has 0 radical (unpaired) electrons. The van der Waals surface area contributed by atoms with Gasteiger partial charge in [-0.2, -0.15) is 0 Å². The SMILES string of the molecule is O=C(O)c1cnc(Oc2ccc(F)c(Br)c2)nc1. The fourth-order valence-electron chi connectivity index (χ4n) is 1.13. The molecule has 0 aliphatic heterocycles. The largest absolute Gasteiger partial charge is 0.478 e. The zero-order chi connectivity index (χ0) is 13.1. The maximum absolute atomic E-state index is 13.0. The Kier molecular flexibility index (Phi) is 3.52. The van der Waals surface area contributed by atoms with Gasteiger partial charge in [-0.05, 0) is 34.1 Å². The molecule has 5 nitrogen and oxygen atoms in total. The molecule has 0 saturated carbocycles. The Bertz CT molecular complexity index is 589. The Hall–Kier alpha value is -2.02. The highest BCUT2D eigenvalue weighted by Gasteiger charge is 2.07. The number of carboxylic acids is 1. The van der Waals surface area contributed by atoms with Gasteiger partial charge in [0.25, 0.3) is 0 Å². The first kappa shape index (κ1) is 12.4. The van der Waals surface area contributed by atoms with Crippen molar-refractivity contribution in [3.05, 3.63) is 46.4 Å². The number of carboxylic acid groups (broad SMARTS) is 1. The average molecular weight is 313 g/mol. The molecule has 0 atom stereocenters. The molecule has 0 saturated heterocycles.